The Hall–Kier alpha value is -5.14. The highest BCUT2D eigenvalue weighted by Crippen LogP contribution is 2.26. The number of aliphatic hydroxyl groups is 2. The smallest absolute Gasteiger partial charge is 0.335 e. The molecule has 6 unspecified atom stereocenters. The molecule has 73 heavy (non-hydrogen) atoms. The number of carbonyl (C=O) groups is 4. The van der Waals surface area contributed by atoms with E-state index in [0.29, 0.717) is 19.3 Å². The topological polar surface area (TPSA) is 175 Å². The van der Waals surface area contributed by atoms with Crippen LogP contribution in [0.15, 0.2) is 134 Å². The molecular weight excluding hydrogens is 925 g/mol. The van der Waals surface area contributed by atoms with Crippen molar-refractivity contribution >= 4 is 23.9 Å². The van der Waals surface area contributed by atoms with E-state index in [4.69, 9.17) is 23.7 Å². The summed E-state index contributed by atoms with van der Waals surface area (Å²) in [6.45, 7) is 5.57. The predicted octanol–water partition coefficient (Wildman–Crippen LogP) is 13.4. The highest BCUT2D eigenvalue weighted by Gasteiger charge is 2.50. The van der Waals surface area contributed by atoms with Gasteiger partial charge in [-0.3, -0.25) is 14.4 Å². The minimum atomic E-state index is -1.95. The molecule has 0 bridgehead atoms. The molecule has 3 N–H and O–H groups in total. The van der Waals surface area contributed by atoms with Crippen LogP contribution in [0.4, 0.5) is 0 Å². The van der Waals surface area contributed by atoms with E-state index < -0.39 is 67.3 Å². The van der Waals surface area contributed by atoms with Gasteiger partial charge in [-0.1, -0.05) is 180 Å². The van der Waals surface area contributed by atoms with Crippen LogP contribution in [-0.4, -0.2) is 89.2 Å². The number of ether oxygens (including phenoxy) is 5. The SMILES string of the molecule is CC/C=C\C/C=C\C/C=C\C/C=C\C/C=C\CC(=O)OC1C(OCC(COC(=O)CCCC/C=C\C/C=C\C/C=C\C/C=C\CC)OC(=O)CCCCCCC/C=C\C/C=C\CCC)OC(C(=O)O)C(O)C1O. The summed E-state index contributed by atoms with van der Waals surface area (Å²) in [7, 11) is 0. The minimum Gasteiger partial charge on any atom is -0.479 e. The Morgan fingerprint density at radius 2 is 0.904 bits per heavy atom. The molecule has 1 fully saturated rings. The third kappa shape index (κ3) is 38.2. The lowest BCUT2D eigenvalue weighted by Crippen LogP contribution is -2.61. The van der Waals surface area contributed by atoms with Crippen molar-refractivity contribution in [1.29, 1.82) is 0 Å². The fraction of sp³-hybridized carbons (Fsp3) is 0.574. The predicted molar refractivity (Wildman–Crippen MR) is 293 cm³/mol. The fourth-order valence-corrected chi connectivity index (χ4v) is 7.12. The first-order valence-electron chi connectivity index (χ1n) is 27.2. The van der Waals surface area contributed by atoms with Gasteiger partial charge in [0.15, 0.2) is 24.6 Å². The molecule has 1 aliphatic heterocycles. The van der Waals surface area contributed by atoms with Crippen LogP contribution in [0, 0.1) is 0 Å². The van der Waals surface area contributed by atoms with Crippen molar-refractivity contribution in [3.05, 3.63) is 134 Å². The van der Waals surface area contributed by atoms with Gasteiger partial charge in [-0.15, -0.1) is 0 Å². The molecule has 0 spiro atoms. The average Bonchev–Trinajstić information content (AvgIpc) is 3.37. The summed E-state index contributed by atoms with van der Waals surface area (Å²) in [6, 6.07) is 0. The molecule has 0 aromatic heterocycles. The number of aliphatic hydroxyl groups excluding tert-OH is 2. The summed E-state index contributed by atoms with van der Waals surface area (Å²) < 4.78 is 28.1. The summed E-state index contributed by atoms with van der Waals surface area (Å²) in [6.07, 6.45) is 54.6. The molecule has 12 nitrogen and oxygen atoms in total. The molecule has 1 saturated heterocycles. The first-order chi connectivity index (χ1) is 35.6. The summed E-state index contributed by atoms with van der Waals surface area (Å²) >= 11 is 0. The van der Waals surface area contributed by atoms with Gasteiger partial charge < -0.3 is 39.0 Å². The number of rotatable bonds is 43. The number of unbranched alkanes of at least 4 members (excludes halogenated alkanes) is 8. The van der Waals surface area contributed by atoms with E-state index in [1.807, 2.05) is 12.2 Å². The van der Waals surface area contributed by atoms with E-state index in [1.54, 1.807) is 12.2 Å². The van der Waals surface area contributed by atoms with Crippen LogP contribution < -0.4 is 0 Å². The number of aliphatic carboxylic acids is 1. The maximum absolute atomic E-state index is 13.1. The first-order valence-corrected chi connectivity index (χ1v) is 27.2. The maximum atomic E-state index is 13.1. The van der Waals surface area contributed by atoms with Crippen molar-refractivity contribution in [2.75, 3.05) is 13.2 Å². The number of carboxylic acids is 1. The fourth-order valence-electron chi connectivity index (χ4n) is 7.12. The van der Waals surface area contributed by atoms with Crippen molar-refractivity contribution < 1.29 is 58.2 Å². The second-order valence-corrected chi connectivity index (χ2v) is 17.8. The van der Waals surface area contributed by atoms with E-state index in [9.17, 15) is 34.5 Å². The molecule has 0 aromatic carbocycles. The monoisotopic (exact) mass is 1020 g/mol. The van der Waals surface area contributed by atoms with Gasteiger partial charge >= 0.3 is 23.9 Å². The highest BCUT2D eigenvalue weighted by molar-refractivity contribution is 5.74. The van der Waals surface area contributed by atoms with Crippen LogP contribution in [0.1, 0.15) is 175 Å². The van der Waals surface area contributed by atoms with Gasteiger partial charge in [0.2, 0.25) is 0 Å². The zero-order valence-corrected chi connectivity index (χ0v) is 44.6. The largest absolute Gasteiger partial charge is 0.479 e. The van der Waals surface area contributed by atoms with Gasteiger partial charge in [0, 0.05) is 12.8 Å². The second-order valence-electron chi connectivity index (χ2n) is 17.8. The Kier molecular flexibility index (Phi) is 43.2. The number of allylic oxidation sites excluding steroid dienone is 21. The Bertz CT molecular complexity index is 1780. The van der Waals surface area contributed by atoms with E-state index in [1.165, 1.54) is 0 Å². The molecule has 1 heterocycles. The molecule has 0 radical (unpaired) electrons. The molecule has 408 valence electrons. The third-order valence-corrected chi connectivity index (χ3v) is 11.2. The van der Waals surface area contributed by atoms with Crippen molar-refractivity contribution in [3.8, 4) is 0 Å². The van der Waals surface area contributed by atoms with Gasteiger partial charge in [0.05, 0.1) is 13.0 Å². The third-order valence-electron chi connectivity index (χ3n) is 11.2. The number of esters is 3. The quantitative estimate of drug-likeness (QED) is 0.0228. The Morgan fingerprint density at radius 3 is 1.41 bits per heavy atom. The standard InChI is InChI=1S/C61H92O12/c1-4-7-10-13-16-19-22-25-27-30-32-35-38-41-44-47-53(62)69-50-52(71-54(63)48-45-42-39-36-33-29-24-21-18-15-12-9-6-3)51-70-61-59(57(66)56(65)58(73-61)60(67)68)72-55(64)49-46-43-40-37-34-31-28-26-23-20-17-14-11-8-5-2/h7-8,10-12,15-17,19-21,24-28,32,34-35,37,43,46,52,56-59,61,65-66H,4-6,9,13-14,18,22-23,29-31,33,36,38-42,44-45,47-51H2,1-3H3,(H,67,68)/b10-7-,11-8-,15-12-,19-16-,20-17-,24-21-,27-25-,28-26-,35-32-,37-34-,46-43-. The Morgan fingerprint density at radius 1 is 0.479 bits per heavy atom. The van der Waals surface area contributed by atoms with Crippen molar-refractivity contribution in [3.63, 3.8) is 0 Å². The lowest BCUT2D eigenvalue weighted by atomic mass is 9.98. The first kappa shape index (κ1) is 65.9. The van der Waals surface area contributed by atoms with Gasteiger partial charge in [-0.25, -0.2) is 4.79 Å². The molecule has 0 aliphatic carbocycles. The van der Waals surface area contributed by atoms with Crippen LogP contribution in [0.5, 0.6) is 0 Å². The van der Waals surface area contributed by atoms with Crippen LogP contribution in [0.2, 0.25) is 0 Å². The Balaban J connectivity index is 2.82. The lowest BCUT2D eigenvalue weighted by Gasteiger charge is -2.40. The maximum Gasteiger partial charge on any atom is 0.335 e. The number of hydrogen-bond acceptors (Lipinski definition) is 11. The van der Waals surface area contributed by atoms with Gasteiger partial charge in [-0.05, 0) is 109 Å². The summed E-state index contributed by atoms with van der Waals surface area (Å²) in [4.78, 5) is 50.9. The summed E-state index contributed by atoms with van der Waals surface area (Å²) in [5, 5.41) is 31.4. The van der Waals surface area contributed by atoms with Crippen molar-refractivity contribution in [2.24, 2.45) is 0 Å². The molecule has 12 heteroatoms. The summed E-state index contributed by atoms with van der Waals surface area (Å²) in [5.41, 5.74) is 0. The molecule has 0 aromatic rings. The number of carbonyl (C=O) groups excluding carboxylic acids is 3. The number of carboxylic acid groups (broad SMARTS) is 1. The van der Waals surface area contributed by atoms with Gasteiger partial charge in [0.1, 0.15) is 18.8 Å². The van der Waals surface area contributed by atoms with Crippen molar-refractivity contribution in [1.82, 2.24) is 0 Å². The molecule has 6 atom stereocenters. The zero-order chi connectivity index (χ0) is 53.3. The summed E-state index contributed by atoms with van der Waals surface area (Å²) in [5.74, 6) is -3.39. The van der Waals surface area contributed by atoms with Crippen LogP contribution in [-0.2, 0) is 42.9 Å². The molecule has 1 aliphatic rings. The minimum absolute atomic E-state index is 0.119. The van der Waals surface area contributed by atoms with E-state index in [2.05, 4.69) is 130 Å². The second kappa shape index (κ2) is 47.8. The van der Waals surface area contributed by atoms with E-state index >= 15 is 0 Å². The van der Waals surface area contributed by atoms with Crippen molar-refractivity contribution in [2.45, 2.75) is 212 Å². The van der Waals surface area contributed by atoms with Crippen LogP contribution in [0.25, 0.3) is 0 Å². The van der Waals surface area contributed by atoms with Gasteiger partial charge in [0.25, 0.3) is 0 Å². The molecule has 0 saturated carbocycles. The molecule has 1 rings (SSSR count). The van der Waals surface area contributed by atoms with E-state index in [-0.39, 0.29) is 25.9 Å². The molecule has 0 amide bonds. The van der Waals surface area contributed by atoms with E-state index in [0.717, 1.165) is 116 Å². The Labute approximate surface area is 439 Å². The van der Waals surface area contributed by atoms with Crippen LogP contribution >= 0.6 is 0 Å². The average molecular weight is 1020 g/mol. The zero-order valence-electron chi connectivity index (χ0n) is 44.6. The lowest BCUT2D eigenvalue weighted by molar-refractivity contribution is -0.301. The van der Waals surface area contributed by atoms with Gasteiger partial charge in [-0.2, -0.15) is 0 Å². The normalized spacial score (nSPS) is 19.4. The molecular formula is C61H92O12. The van der Waals surface area contributed by atoms with Crippen LogP contribution in [0.3, 0.4) is 0 Å². The highest BCUT2D eigenvalue weighted by atomic mass is 16.7. The number of hydrogen-bond donors (Lipinski definition) is 3.